The first-order valence-electron chi connectivity index (χ1n) is 4.42. The predicted molar refractivity (Wildman–Crippen MR) is 53.2 cm³/mol. The SMILES string of the molecule is CNCCc1cc(C)nc(OC)c1. The van der Waals surface area contributed by atoms with E-state index in [0.717, 1.165) is 18.7 Å². The molecule has 0 saturated heterocycles. The molecule has 0 saturated carbocycles. The van der Waals surface area contributed by atoms with Crippen LogP contribution < -0.4 is 10.1 Å². The second-order valence-corrected chi connectivity index (χ2v) is 3.01. The van der Waals surface area contributed by atoms with Crippen molar-refractivity contribution in [1.29, 1.82) is 0 Å². The number of nitrogens with one attached hydrogen (secondary N) is 1. The number of hydrogen-bond acceptors (Lipinski definition) is 3. The van der Waals surface area contributed by atoms with Crippen LogP contribution in [0.4, 0.5) is 0 Å². The van der Waals surface area contributed by atoms with Crippen LogP contribution in [0.15, 0.2) is 12.1 Å². The number of aryl methyl sites for hydroxylation is 1. The van der Waals surface area contributed by atoms with E-state index in [-0.39, 0.29) is 0 Å². The summed E-state index contributed by atoms with van der Waals surface area (Å²) in [5, 5.41) is 3.11. The van der Waals surface area contributed by atoms with E-state index in [1.165, 1.54) is 5.56 Å². The van der Waals surface area contributed by atoms with Crippen molar-refractivity contribution in [2.75, 3.05) is 20.7 Å². The van der Waals surface area contributed by atoms with Gasteiger partial charge in [-0.2, -0.15) is 0 Å². The Balaban J connectivity index is 2.76. The highest BCUT2D eigenvalue weighted by atomic mass is 16.5. The first-order valence-corrected chi connectivity index (χ1v) is 4.42. The number of hydrogen-bond donors (Lipinski definition) is 1. The van der Waals surface area contributed by atoms with Crippen LogP contribution in [0.2, 0.25) is 0 Å². The van der Waals surface area contributed by atoms with Crippen LogP contribution in [-0.4, -0.2) is 25.7 Å². The van der Waals surface area contributed by atoms with E-state index in [0.29, 0.717) is 5.88 Å². The molecule has 0 unspecified atom stereocenters. The molecule has 0 aromatic carbocycles. The third kappa shape index (κ3) is 3.03. The van der Waals surface area contributed by atoms with Gasteiger partial charge < -0.3 is 10.1 Å². The van der Waals surface area contributed by atoms with Gasteiger partial charge in [0.15, 0.2) is 0 Å². The average molecular weight is 180 g/mol. The van der Waals surface area contributed by atoms with Gasteiger partial charge in [0.1, 0.15) is 0 Å². The van der Waals surface area contributed by atoms with E-state index < -0.39 is 0 Å². The Labute approximate surface area is 79.1 Å². The lowest BCUT2D eigenvalue weighted by atomic mass is 10.1. The van der Waals surface area contributed by atoms with E-state index >= 15 is 0 Å². The Morgan fingerprint density at radius 1 is 1.46 bits per heavy atom. The van der Waals surface area contributed by atoms with Crippen LogP contribution in [0.5, 0.6) is 5.88 Å². The van der Waals surface area contributed by atoms with Crippen molar-refractivity contribution in [2.45, 2.75) is 13.3 Å². The average Bonchev–Trinajstić information content (AvgIpc) is 2.14. The second-order valence-electron chi connectivity index (χ2n) is 3.01. The van der Waals surface area contributed by atoms with Gasteiger partial charge in [-0.1, -0.05) is 0 Å². The van der Waals surface area contributed by atoms with E-state index in [2.05, 4.69) is 16.4 Å². The van der Waals surface area contributed by atoms with Gasteiger partial charge in [0.05, 0.1) is 7.11 Å². The number of nitrogens with zero attached hydrogens (tertiary/aromatic N) is 1. The van der Waals surface area contributed by atoms with Gasteiger partial charge >= 0.3 is 0 Å². The molecular weight excluding hydrogens is 164 g/mol. The largest absolute Gasteiger partial charge is 0.481 e. The number of methoxy groups -OCH3 is 1. The lowest BCUT2D eigenvalue weighted by Gasteiger charge is -2.05. The van der Waals surface area contributed by atoms with Crippen LogP contribution in [0.3, 0.4) is 0 Å². The van der Waals surface area contributed by atoms with Crippen molar-refractivity contribution < 1.29 is 4.74 Å². The quantitative estimate of drug-likeness (QED) is 0.755. The molecule has 1 rings (SSSR count). The fraction of sp³-hybridized carbons (Fsp3) is 0.500. The Hall–Kier alpha value is -1.09. The van der Waals surface area contributed by atoms with Gasteiger partial charge in [0, 0.05) is 11.8 Å². The van der Waals surface area contributed by atoms with E-state index in [9.17, 15) is 0 Å². The van der Waals surface area contributed by atoms with Crippen LogP contribution >= 0.6 is 0 Å². The molecule has 3 nitrogen and oxygen atoms in total. The molecule has 0 fully saturated rings. The van der Waals surface area contributed by atoms with Crippen molar-refractivity contribution in [2.24, 2.45) is 0 Å². The summed E-state index contributed by atoms with van der Waals surface area (Å²) in [6, 6.07) is 4.06. The molecule has 0 amide bonds. The number of rotatable bonds is 4. The lowest BCUT2D eigenvalue weighted by Crippen LogP contribution is -2.10. The first kappa shape index (κ1) is 9.99. The van der Waals surface area contributed by atoms with E-state index in [1.807, 2.05) is 20.0 Å². The smallest absolute Gasteiger partial charge is 0.213 e. The molecule has 0 atom stereocenters. The fourth-order valence-electron chi connectivity index (χ4n) is 1.23. The molecular formula is C10H16N2O. The summed E-state index contributed by atoms with van der Waals surface area (Å²) in [6.45, 7) is 2.96. The number of ether oxygens (including phenoxy) is 1. The molecule has 0 aliphatic heterocycles. The van der Waals surface area contributed by atoms with Gasteiger partial charge in [-0.25, -0.2) is 4.98 Å². The highest BCUT2D eigenvalue weighted by molar-refractivity contribution is 5.24. The normalized spacial score (nSPS) is 10.1. The molecule has 1 N–H and O–H groups in total. The minimum absolute atomic E-state index is 0.700. The molecule has 0 radical (unpaired) electrons. The first-order chi connectivity index (χ1) is 6.26. The summed E-state index contributed by atoms with van der Waals surface area (Å²) in [5.74, 6) is 0.700. The summed E-state index contributed by atoms with van der Waals surface area (Å²) < 4.78 is 5.08. The highest BCUT2D eigenvalue weighted by Gasteiger charge is 1.99. The van der Waals surface area contributed by atoms with Crippen LogP contribution in [0.1, 0.15) is 11.3 Å². The monoisotopic (exact) mass is 180 g/mol. The zero-order chi connectivity index (χ0) is 9.68. The molecule has 3 heteroatoms. The summed E-state index contributed by atoms with van der Waals surface area (Å²) in [7, 11) is 3.59. The van der Waals surface area contributed by atoms with Gasteiger partial charge in [-0.3, -0.25) is 0 Å². The second kappa shape index (κ2) is 4.82. The van der Waals surface area contributed by atoms with Gasteiger partial charge in [0.2, 0.25) is 5.88 Å². The molecule has 0 spiro atoms. The molecule has 0 bridgehead atoms. The maximum Gasteiger partial charge on any atom is 0.213 e. The van der Waals surface area contributed by atoms with E-state index in [1.54, 1.807) is 7.11 Å². The fourth-order valence-corrected chi connectivity index (χ4v) is 1.23. The van der Waals surface area contributed by atoms with Crippen molar-refractivity contribution in [3.8, 4) is 5.88 Å². The standard InChI is InChI=1S/C10H16N2O/c1-8-6-9(4-5-11-2)7-10(12-8)13-3/h6-7,11H,4-5H2,1-3H3. The lowest BCUT2D eigenvalue weighted by molar-refractivity contribution is 0.396. The molecule has 13 heavy (non-hydrogen) atoms. The van der Waals surface area contributed by atoms with Gasteiger partial charge in [-0.05, 0) is 38.6 Å². The highest BCUT2D eigenvalue weighted by Crippen LogP contribution is 2.11. The molecule has 1 aromatic rings. The number of aromatic nitrogens is 1. The van der Waals surface area contributed by atoms with Gasteiger partial charge in [0.25, 0.3) is 0 Å². The summed E-state index contributed by atoms with van der Waals surface area (Å²) in [4.78, 5) is 4.22. The summed E-state index contributed by atoms with van der Waals surface area (Å²) in [5.41, 5.74) is 2.27. The summed E-state index contributed by atoms with van der Waals surface area (Å²) >= 11 is 0. The number of likely N-dealkylation sites (N-methyl/N-ethyl adjacent to an activating group) is 1. The van der Waals surface area contributed by atoms with Crippen molar-refractivity contribution in [3.63, 3.8) is 0 Å². The zero-order valence-electron chi connectivity index (χ0n) is 8.42. The minimum atomic E-state index is 0.700. The minimum Gasteiger partial charge on any atom is -0.481 e. The maximum atomic E-state index is 5.08. The van der Waals surface area contributed by atoms with Gasteiger partial charge in [-0.15, -0.1) is 0 Å². The Morgan fingerprint density at radius 2 is 2.23 bits per heavy atom. The van der Waals surface area contributed by atoms with Crippen molar-refractivity contribution in [3.05, 3.63) is 23.4 Å². The van der Waals surface area contributed by atoms with Crippen LogP contribution in [0.25, 0.3) is 0 Å². The van der Waals surface area contributed by atoms with E-state index in [4.69, 9.17) is 4.74 Å². The zero-order valence-corrected chi connectivity index (χ0v) is 8.42. The Morgan fingerprint density at radius 3 is 2.85 bits per heavy atom. The van der Waals surface area contributed by atoms with Crippen LogP contribution in [0, 0.1) is 6.92 Å². The predicted octanol–water partition coefficient (Wildman–Crippen LogP) is 1.16. The Kier molecular flexibility index (Phi) is 3.71. The third-order valence-electron chi connectivity index (χ3n) is 1.86. The topological polar surface area (TPSA) is 34.2 Å². The maximum absolute atomic E-state index is 5.08. The molecule has 1 aromatic heterocycles. The van der Waals surface area contributed by atoms with Crippen molar-refractivity contribution >= 4 is 0 Å². The van der Waals surface area contributed by atoms with Crippen LogP contribution in [-0.2, 0) is 6.42 Å². The molecule has 0 aliphatic rings. The number of pyridine rings is 1. The third-order valence-corrected chi connectivity index (χ3v) is 1.86. The Bertz CT molecular complexity index is 274. The van der Waals surface area contributed by atoms with Crippen molar-refractivity contribution in [1.82, 2.24) is 10.3 Å². The summed E-state index contributed by atoms with van der Waals surface area (Å²) in [6.07, 6.45) is 1.01. The molecule has 0 aliphatic carbocycles. The molecule has 1 heterocycles. The molecule has 72 valence electrons.